The zero-order valence-electron chi connectivity index (χ0n) is 16.0. The molecule has 4 rings (SSSR count). The Hall–Kier alpha value is -3.70. The fraction of sp³-hybridized carbons (Fsp3) is 0.100. The summed E-state index contributed by atoms with van der Waals surface area (Å²) in [6.45, 7) is -0.288. The third kappa shape index (κ3) is 4.95. The Balaban J connectivity index is 1.80. The van der Waals surface area contributed by atoms with Crippen LogP contribution >= 0.6 is 11.6 Å². The van der Waals surface area contributed by atoms with Crippen molar-refractivity contribution in [3.63, 3.8) is 0 Å². The van der Waals surface area contributed by atoms with E-state index in [0.717, 1.165) is 12.3 Å². The molecule has 0 amide bonds. The molecule has 12 heteroatoms. The van der Waals surface area contributed by atoms with Crippen LogP contribution < -0.4 is 5.32 Å². The van der Waals surface area contributed by atoms with Gasteiger partial charge < -0.3 is 10.4 Å². The van der Waals surface area contributed by atoms with Gasteiger partial charge in [0.1, 0.15) is 16.5 Å². The van der Waals surface area contributed by atoms with Gasteiger partial charge in [-0.3, -0.25) is 9.97 Å². The molecule has 0 aromatic carbocycles. The molecule has 0 saturated carbocycles. The van der Waals surface area contributed by atoms with Crippen LogP contribution in [0.5, 0.6) is 0 Å². The average Bonchev–Trinajstić information content (AvgIpc) is 2.78. The lowest BCUT2D eigenvalue weighted by atomic mass is 10.2. The first-order valence-electron chi connectivity index (χ1n) is 9.07. The number of aliphatic hydroxyl groups is 1. The lowest BCUT2D eigenvalue weighted by Gasteiger charge is -2.11. The number of rotatable bonds is 5. The van der Waals surface area contributed by atoms with Crippen LogP contribution in [-0.4, -0.2) is 35.0 Å². The summed E-state index contributed by atoms with van der Waals surface area (Å²) < 4.78 is 39.0. The molecule has 4 heterocycles. The van der Waals surface area contributed by atoms with Crippen molar-refractivity contribution >= 4 is 23.2 Å². The van der Waals surface area contributed by atoms with E-state index in [4.69, 9.17) is 11.6 Å². The number of hydrogen-bond donors (Lipinski definition) is 2. The highest BCUT2D eigenvalue weighted by Crippen LogP contribution is 2.30. The van der Waals surface area contributed by atoms with E-state index in [0.29, 0.717) is 17.0 Å². The maximum absolute atomic E-state index is 13.0. The predicted octanol–water partition coefficient (Wildman–Crippen LogP) is 4.30. The van der Waals surface area contributed by atoms with Gasteiger partial charge in [-0.15, -0.1) is 0 Å². The summed E-state index contributed by atoms with van der Waals surface area (Å²) in [5, 5.41) is 12.3. The van der Waals surface area contributed by atoms with Gasteiger partial charge in [0.2, 0.25) is 5.95 Å². The molecule has 0 aliphatic carbocycles. The van der Waals surface area contributed by atoms with E-state index >= 15 is 0 Å². The van der Waals surface area contributed by atoms with E-state index in [1.807, 2.05) is 0 Å². The van der Waals surface area contributed by atoms with Crippen molar-refractivity contribution in [3.8, 4) is 22.9 Å². The van der Waals surface area contributed by atoms with Crippen LogP contribution in [0.2, 0.25) is 5.15 Å². The summed E-state index contributed by atoms with van der Waals surface area (Å²) in [6, 6.07) is 10.3. The fourth-order valence-electron chi connectivity index (χ4n) is 2.70. The molecule has 0 fully saturated rings. The maximum atomic E-state index is 13.0. The Morgan fingerprint density at radius 3 is 2.44 bits per heavy atom. The van der Waals surface area contributed by atoms with E-state index < -0.39 is 11.9 Å². The highest BCUT2D eigenvalue weighted by Gasteiger charge is 2.32. The lowest BCUT2D eigenvalue weighted by Crippen LogP contribution is -2.09. The summed E-state index contributed by atoms with van der Waals surface area (Å²) in [6.07, 6.45) is -2.09. The first-order chi connectivity index (χ1) is 15.3. The third-order valence-corrected chi connectivity index (χ3v) is 4.33. The Morgan fingerprint density at radius 2 is 1.69 bits per heavy atom. The second kappa shape index (κ2) is 8.81. The second-order valence-corrected chi connectivity index (χ2v) is 6.79. The predicted molar refractivity (Wildman–Crippen MR) is 110 cm³/mol. The Bertz CT molecular complexity index is 1270. The van der Waals surface area contributed by atoms with E-state index in [1.165, 1.54) is 12.3 Å². The summed E-state index contributed by atoms with van der Waals surface area (Å²) in [7, 11) is 0. The molecule has 162 valence electrons. The van der Waals surface area contributed by atoms with Crippen LogP contribution in [0.3, 0.4) is 0 Å². The van der Waals surface area contributed by atoms with Crippen molar-refractivity contribution in [1.29, 1.82) is 0 Å². The van der Waals surface area contributed by atoms with E-state index in [-0.39, 0.29) is 35.0 Å². The molecule has 32 heavy (non-hydrogen) atoms. The first-order valence-corrected chi connectivity index (χ1v) is 9.45. The van der Waals surface area contributed by atoms with Crippen molar-refractivity contribution in [2.75, 3.05) is 5.32 Å². The molecule has 0 radical (unpaired) electrons. The maximum Gasteiger partial charge on any atom is 0.433 e. The highest BCUT2D eigenvalue weighted by atomic mass is 35.5. The van der Waals surface area contributed by atoms with Crippen molar-refractivity contribution in [2.45, 2.75) is 12.8 Å². The van der Waals surface area contributed by atoms with Gasteiger partial charge >= 0.3 is 6.18 Å². The van der Waals surface area contributed by atoms with Crippen LogP contribution in [0.25, 0.3) is 22.9 Å². The molecule has 4 aromatic heterocycles. The average molecular weight is 460 g/mol. The van der Waals surface area contributed by atoms with Gasteiger partial charge in [-0.1, -0.05) is 17.7 Å². The molecular weight excluding hydrogens is 447 g/mol. The van der Waals surface area contributed by atoms with Gasteiger partial charge in [0, 0.05) is 23.6 Å². The number of nitrogens with zero attached hydrogens (tertiary/aromatic N) is 6. The zero-order chi connectivity index (χ0) is 22.7. The number of pyridine rings is 3. The Labute approximate surface area is 184 Å². The molecule has 8 nitrogen and oxygen atoms in total. The van der Waals surface area contributed by atoms with Crippen LogP contribution in [-0.2, 0) is 12.8 Å². The van der Waals surface area contributed by atoms with Crippen molar-refractivity contribution in [1.82, 2.24) is 29.9 Å². The van der Waals surface area contributed by atoms with Crippen molar-refractivity contribution in [2.24, 2.45) is 0 Å². The molecular formula is C20H13ClF3N7O. The molecule has 0 saturated heterocycles. The molecule has 4 aromatic rings. The third-order valence-electron chi connectivity index (χ3n) is 4.12. The summed E-state index contributed by atoms with van der Waals surface area (Å²) >= 11 is 5.97. The van der Waals surface area contributed by atoms with Crippen LogP contribution in [0.4, 0.5) is 24.8 Å². The highest BCUT2D eigenvalue weighted by molar-refractivity contribution is 6.29. The quantitative estimate of drug-likeness (QED) is 0.425. The molecule has 0 aliphatic rings. The molecule has 0 bridgehead atoms. The number of alkyl halides is 3. The van der Waals surface area contributed by atoms with Crippen LogP contribution in [0.1, 0.15) is 11.4 Å². The van der Waals surface area contributed by atoms with Crippen molar-refractivity contribution in [3.05, 3.63) is 71.4 Å². The smallest absolute Gasteiger partial charge is 0.390 e. The number of aromatic nitrogens is 6. The molecule has 0 aliphatic heterocycles. The number of nitrogens with one attached hydrogen (secondary N) is 1. The van der Waals surface area contributed by atoms with Crippen molar-refractivity contribution < 1.29 is 18.3 Å². The van der Waals surface area contributed by atoms with E-state index in [1.54, 1.807) is 30.3 Å². The zero-order valence-corrected chi connectivity index (χ0v) is 16.8. The van der Waals surface area contributed by atoms with Gasteiger partial charge in [0.05, 0.1) is 12.3 Å². The molecule has 2 N–H and O–H groups in total. The first kappa shape index (κ1) is 21.5. The van der Waals surface area contributed by atoms with Crippen LogP contribution in [0.15, 0.2) is 54.9 Å². The summed E-state index contributed by atoms with van der Waals surface area (Å²) in [4.78, 5) is 24.5. The standard InChI is InChI=1S/C20H13ClF3N7O/c21-16-3-1-2-14(28-16)18-29-17(11-4-6-25-13(8-11)10-32)30-19(31-18)27-12-5-7-26-15(9-12)20(22,23)24/h1-9,32H,10H2,(H,26,27,29,30,31). The molecule has 0 unspecified atom stereocenters. The monoisotopic (exact) mass is 459 g/mol. The SMILES string of the molecule is OCc1cc(-c2nc(Nc3ccnc(C(F)(F)F)c3)nc(-c3cccc(Cl)n3)n2)ccn1. The number of anilines is 2. The minimum Gasteiger partial charge on any atom is -0.390 e. The van der Waals surface area contributed by atoms with Gasteiger partial charge in [0.15, 0.2) is 11.6 Å². The largest absolute Gasteiger partial charge is 0.433 e. The summed E-state index contributed by atoms with van der Waals surface area (Å²) in [5.74, 6) is 0.322. The van der Waals surface area contributed by atoms with E-state index in [9.17, 15) is 18.3 Å². The topological polar surface area (TPSA) is 110 Å². The lowest BCUT2D eigenvalue weighted by molar-refractivity contribution is -0.141. The minimum absolute atomic E-state index is 0.0199. The number of aliphatic hydroxyl groups excluding tert-OH is 1. The van der Waals surface area contributed by atoms with Gasteiger partial charge in [-0.2, -0.15) is 23.1 Å². The minimum atomic E-state index is -4.60. The molecule has 0 atom stereocenters. The Morgan fingerprint density at radius 1 is 0.906 bits per heavy atom. The normalized spacial score (nSPS) is 11.4. The number of halogens is 4. The summed E-state index contributed by atoms with van der Waals surface area (Å²) in [5.41, 5.74) is 0.272. The van der Waals surface area contributed by atoms with Gasteiger partial charge in [0.25, 0.3) is 0 Å². The Kier molecular flexibility index (Phi) is 5.93. The number of hydrogen-bond acceptors (Lipinski definition) is 8. The molecule has 0 spiro atoms. The van der Waals surface area contributed by atoms with E-state index in [2.05, 4.69) is 35.2 Å². The second-order valence-electron chi connectivity index (χ2n) is 6.40. The van der Waals surface area contributed by atoms with Gasteiger partial charge in [-0.05, 0) is 36.4 Å². The van der Waals surface area contributed by atoms with Gasteiger partial charge in [-0.25, -0.2) is 9.97 Å². The van der Waals surface area contributed by atoms with Crippen LogP contribution in [0, 0.1) is 0 Å². The fourth-order valence-corrected chi connectivity index (χ4v) is 2.87.